The van der Waals surface area contributed by atoms with Gasteiger partial charge in [0.25, 0.3) is 0 Å². The van der Waals surface area contributed by atoms with E-state index in [0.29, 0.717) is 34.8 Å². The Labute approximate surface area is 136 Å². The highest BCUT2D eigenvalue weighted by atomic mass is 35.5. The minimum atomic E-state index is -0.0589. The number of carbonyl (C=O) groups excluding carboxylic acids is 1. The molecule has 1 unspecified atom stereocenters. The highest BCUT2D eigenvalue weighted by Gasteiger charge is 2.21. The van der Waals surface area contributed by atoms with Crippen LogP contribution in [0.3, 0.4) is 0 Å². The van der Waals surface area contributed by atoms with Gasteiger partial charge in [-0.25, -0.2) is 0 Å². The summed E-state index contributed by atoms with van der Waals surface area (Å²) in [6.45, 7) is 3.52. The zero-order valence-corrected chi connectivity index (χ0v) is 14.1. The number of nitrogens with zero attached hydrogens (tertiary/aromatic N) is 1. The van der Waals surface area contributed by atoms with Crippen molar-refractivity contribution in [3.63, 3.8) is 0 Å². The smallest absolute Gasteiger partial charge is 0.238 e. The van der Waals surface area contributed by atoms with Gasteiger partial charge in [-0.15, -0.1) is 0 Å². The Morgan fingerprint density at radius 1 is 1.32 bits per heavy atom. The Balaban J connectivity index is 2.07. The molecule has 122 valence electrons. The van der Waals surface area contributed by atoms with Crippen LogP contribution in [-0.2, 0) is 4.79 Å². The molecule has 1 N–H and O–H groups in total. The fourth-order valence-electron chi connectivity index (χ4n) is 2.72. The summed E-state index contributed by atoms with van der Waals surface area (Å²) in [5, 5.41) is 3.33. The van der Waals surface area contributed by atoms with Crippen LogP contribution in [0.15, 0.2) is 12.1 Å². The van der Waals surface area contributed by atoms with Crippen molar-refractivity contribution in [3.8, 4) is 11.5 Å². The number of carbonyl (C=O) groups is 1. The maximum Gasteiger partial charge on any atom is 0.238 e. The molecular weight excluding hydrogens is 304 g/mol. The van der Waals surface area contributed by atoms with Crippen molar-refractivity contribution in [3.05, 3.63) is 17.2 Å². The topological polar surface area (TPSA) is 50.8 Å². The minimum absolute atomic E-state index is 0.0589. The molecule has 1 aromatic rings. The molecule has 0 saturated carbocycles. The number of halogens is 1. The first kappa shape index (κ1) is 16.9. The molecule has 1 aliphatic heterocycles. The number of nitrogens with one attached hydrogen (secondary N) is 1. The van der Waals surface area contributed by atoms with Crippen molar-refractivity contribution in [1.82, 2.24) is 4.90 Å². The molecule has 0 spiro atoms. The first-order valence-corrected chi connectivity index (χ1v) is 7.88. The minimum Gasteiger partial charge on any atom is -0.495 e. The Morgan fingerprint density at radius 2 is 2.05 bits per heavy atom. The summed E-state index contributed by atoms with van der Waals surface area (Å²) in [4.78, 5) is 14.5. The van der Waals surface area contributed by atoms with Crippen molar-refractivity contribution in [2.24, 2.45) is 0 Å². The Kier molecular flexibility index (Phi) is 5.91. The van der Waals surface area contributed by atoms with Crippen LogP contribution in [0.25, 0.3) is 0 Å². The Bertz CT molecular complexity index is 536. The number of methoxy groups -OCH3 is 2. The number of hydrogen-bond acceptors (Lipinski definition) is 4. The summed E-state index contributed by atoms with van der Waals surface area (Å²) in [5.41, 5.74) is 0.568. The molecule has 1 fully saturated rings. The lowest BCUT2D eigenvalue weighted by molar-refractivity contribution is -0.118. The lowest BCUT2D eigenvalue weighted by atomic mass is 10.0. The summed E-state index contributed by atoms with van der Waals surface area (Å²) in [5.74, 6) is 0.964. The third-order valence-electron chi connectivity index (χ3n) is 4.04. The fourth-order valence-corrected chi connectivity index (χ4v) is 2.96. The summed E-state index contributed by atoms with van der Waals surface area (Å²) in [6.07, 6.45) is 3.53. The summed E-state index contributed by atoms with van der Waals surface area (Å²) >= 11 is 6.07. The molecule has 1 saturated heterocycles. The fraction of sp³-hybridized carbons (Fsp3) is 0.562. The van der Waals surface area contributed by atoms with Crippen LogP contribution in [0.1, 0.15) is 26.2 Å². The van der Waals surface area contributed by atoms with Gasteiger partial charge in [-0.3, -0.25) is 9.69 Å². The number of amides is 1. The first-order valence-electron chi connectivity index (χ1n) is 7.50. The van der Waals surface area contributed by atoms with Gasteiger partial charge < -0.3 is 14.8 Å². The highest BCUT2D eigenvalue weighted by molar-refractivity contribution is 6.32. The zero-order chi connectivity index (χ0) is 16.1. The molecular formula is C16H23ClN2O3. The molecule has 6 heteroatoms. The molecule has 0 radical (unpaired) electrons. The third-order valence-corrected chi connectivity index (χ3v) is 4.33. The number of anilines is 1. The molecule has 5 nitrogen and oxygen atoms in total. The van der Waals surface area contributed by atoms with Crippen molar-refractivity contribution < 1.29 is 14.3 Å². The number of rotatable bonds is 5. The van der Waals surface area contributed by atoms with Crippen LogP contribution in [0, 0.1) is 0 Å². The van der Waals surface area contributed by atoms with Crippen molar-refractivity contribution in [2.45, 2.75) is 32.2 Å². The SMILES string of the molecule is COc1cc(NC(=O)CN2CCCCC2C)c(OC)cc1Cl. The number of piperidine rings is 1. The molecule has 1 heterocycles. The average Bonchev–Trinajstić information content (AvgIpc) is 2.50. The lowest BCUT2D eigenvalue weighted by Crippen LogP contribution is -2.42. The molecule has 1 amide bonds. The quantitative estimate of drug-likeness (QED) is 0.903. The second-order valence-electron chi connectivity index (χ2n) is 5.55. The molecule has 0 bridgehead atoms. The second-order valence-corrected chi connectivity index (χ2v) is 5.96. The molecule has 1 aromatic carbocycles. The number of hydrogen-bond donors (Lipinski definition) is 1. The van der Waals surface area contributed by atoms with Crippen molar-refractivity contribution >= 4 is 23.2 Å². The van der Waals surface area contributed by atoms with Gasteiger partial charge in [0.1, 0.15) is 11.5 Å². The van der Waals surface area contributed by atoms with E-state index < -0.39 is 0 Å². The van der Waals surface area contributed by atoms with E-state index in [1.54, 1.807) is 19.2 Å². The monoisotopic (exact) mass is 326 g/mol. The highest BCUT2D eigenvalue weighted by Crippen LogP contribution is 2.35. The number of benzene rings is 1. The van der Waals surface area contributed by atoms with Crippen LogP contribution in [0.4, 0.5) is 5.69 Å². The molecule has 1 aliphatic rings. The average molecular weight is 327 g/mol. The van der Waals surface area contributed by atoms with E-state index in [-0.39, 0.29) is 5.91 Å². The maximum atomic E-state index is 12.3. The van der Waals surface area contributed by atoms with E-state index >= 15 is 0 Å². The molecule has 0 aliphatic carbocycles. The normalized spacial score (nSPS) is 18.8. The number of likely N-dealkylation sites (tertiary alicyclic amines) is 1. The van der Waals surface area contributed by atoms with Gasteiger partial charge in [0.2, 0.25) is 5.91 Å². The maximum absolute atomic E-state index is 12.3. The molecule has 2 rings (SSSR count). The van der Waals surface area contributed by atoms with Crippen molar-refractivity contribution in [1.29, 1.82) is 0 Å². The van der Waals surface area contributed by atoms with Crippen LogP contribution < -0.4 is 14.8 Å². The van der Waals surface area contributed by atoms with Gasteiger partial charge in [-0.1, -0.05) is 18.0 Å². The molecule has 1 atom stereocenters. The van der Waals surface area contributed by atoms with Gasteiger partial charge >= 0.3 is 0 Å². The Hall–Kier alpha value is -1.46. The van der Waals surface area contributed by atoms with E-state index in [4.69, 9.17) is 21.1 Å². The predicted octanol–water partition coefficient (Wildman–Crippen LogP) is 3.17. The van der Waals surface area contributed by atoms with Gasteiger partial charge in [-0.05, 0) is 26.3 Å². The van der Waals surface area contributed by atoms with Crippen molar-refractivity contribution in [2.75, 3.05) is 32.6 Å². The van der Waals surface area contributed by atoms with Gasteiger partial charge in [0, 0.05) is 18.2 Å². The second kappa shape index (κ2) is 7.70. The van der Waals surface area contributed by atoms with E-state index in [1.807, 2.05) is 0 Å². The third kappa shape index (κ3) is 4.05. The Morgan fingerprint density at radius 3 is 2.68 bits per heavy atom. The van der Waals surface area contributed by atoms with E-state index in [1.165, 1.54) is 13.5 Å². The number of ether oxygens (including phenoxy) is 2. The summed E-state index contributed by atoms with van der Waals surface area (Å²) in [6, 6.07) is 3.76. The van der Waals surface area contributed by atoms with Crippen LogP contribution in [0.5, 0.6) is 11.5 Å². The van der Waals surface area contributed by atoms with Gasteiger partial charge in [0.05, 0.1) is 31.5 Å². The molecule has 0 aromatic heterocycles. The summed E-state index contributed by atoms with van der Waals surface area (Å²) in [7, 11) is 3.08. The largest absolute Gasteiger partial charge is 0.495 e. The first-order chi connectivity index (χ1) is 10.5. The molecule has 22 heavy (non-hydrogen) atoms. The van der Waals surface area contributed by atoms with Crippen LogP contribution in [-0.4, -0.2) is 44.2 Å². The summed E-state index contributed by atoms with van der Waals surface area (Å²) < 4.78 is 10.5. The van der Waals surface area contributed by atoms with Gasteiger partial charge in [-0.2, -0.15) is 0 Å². The van der Waals surface area contributed by atoms with Gasteiger partial charge in [0.15, 0.2) is 0 Å². The lowest BCUT2D eigenvalue weighted by Gasteiger charge is -2.32. The predicted molar refractivity (Wildman–Crippen MR) is 88.1 cm³/mol. The zero-order valence-electron chi connectivity index (χ0n) is 13.3. The van der Waals surface area contributed by atoms with Crippen LogP contribution >= 0.6 is 11.6 Å². The van der Waals surface area contributed by atoms with E-state index in [9.17, 15) is 4.79 Å². The van der Waals surface area contributed by atoms with Crippen LogP contribution in [0.2, 0.25) is 5.02 Å². The van der Waals surface area contributed by atoms with E-state index in [0.717, 1.165) is 19.4 Å². The standard InChI is InChI=1S/C16H23ClN2O3/c1-11-6-4-5-7-19(11)10-16(20)18-13-9-14(21-2)12(17)8-15(13)22-3/h8-9,11H,4-7,10H2,1-3H3,(H,18,20). The van der Waals surface area contributed by atoms with E-state index in [2.05, 4.69) is 17.1 Å².